The fourth-order valence-corrected chi connectivity index (χ4v) is 3.67. The summed E-state index contributed by atoms with van der Waals surface area (Å²) < 4.78 is 52.0. The number of amides is 1. The molecule has 10 heteroatoms. The summed E-state index contributed by atoms with van der Waals surface area (Å²) in [5.74, 6) is -1.11. The monoisotopic (exact) mass is 440 g/mol. The zero-order chi connectivity index (χ0) is 22.1. The van der Waals surface area contributed by atoms with E-state index in [1.807, 2.05) is 30.8 Å². The summed E-state index contributed by atoms with van der Waals surface area (Å²) >= 11 is 1.26. The van der Waals surface area contributed by atoms with Gasteiger partial charge in [0.1, 0.15) is 17.4 Å². The lowest BCUT2D eigenvalue weighted by molar-refractivity contribution is -0.138. The Morgan fingerprint density at radius 2 is 1.83 bits per heavy atom. The summed E-state index contributed by atoms with van der Waals surface area (Å²) in [7, 11) is 0. The molecule has 0 aliphatic rings. The standard InChI is InChI=1S/C20H20F4N4OS/c1-19(2,3)28-17(12-4-6-13(21)7-5-12)15(9-26-28)18-27-14(10-30-18)8-16(29)25-11-20(22,23)24/h4-7,9-10H,8,11H2,1-3H3,(H,25,29). The maximum Gasteiger partial charge on any atom is 0.405 e. The van der Waals surface area contributed by atoms with E-state index in [2.05, 4.69) is 10.1 Å². The van der Waals surface area contributed by atoms with Crippen molar-refractivity contribution in [3.63, 3.8) is 0 Å². The molecule has 0 aliphatic carbocycles. The van der Waals surface area contributed by atoms with Gasteiger partial charge < -0.3 is 5.32 Å². The summed E-state index contributed by atoms with van der Waals surface area (Å²) in [4.78, 5) is 16.2. The summed E-state index contributed by atoms with van der Waals surface area (Å²) in [5.41, 5.74) is 2.19. The van der Waals surface area contributed by atoms with E-state index in [-0.39, 0.29) is 17.8 Å². The molecule has 1 aromatic carbocycles. The molecule has 2 aromatic heterocycles. The number of carbonyl (C=O) groups is 1. The van der Waals surface area contributed by atoms with Crippen molar-refractivity contribution in [2.24, 2.45) is 0 Å². The molecule has 2 heterocycles. The van der Waals surface area contributed by atoms with Gasteiger partial charge in [-0.15, -0.1) is 11.3 Å². The number of rotatable bonds is 5. The van der Waals surface area contributed by atoms with E-state index in [1.54, 1.807) is 23.7 Å². The van der Waals surface area contributed by atoms with Crippen molar-refractivity contribution >= 4 is 17.2 Å². The van der Waals surface area contributed by atoms with Crippen molar-refractivity contribution in [2.45, 2.75) is 38.9 Å². The van der Waals surface area contributed by atoms with Gasteiger partial charge in [-0.2, -0.15) is 18.3 Å². The number of aromatic nitrogens is 3. The van der Waals surface area contributed by atoms with Crippen LogP contribution in [0.2, 0.25) is 0 Å². The topological polar surface area (TPSA) is 59.8 Å². The molecular weight excluding hydrogens is 420 g/mol. The molecule has 0 bridgehead atoms. The molecule has 0 atom stereocenters. The van der Waals surface area contributed by atoms with Gasteiger partial charge in [-0.05, 0) is 45.0 Å². The highest BCUT2D eigenvalue weighted by Gasteiger charge is 2.28. The van der Waals surface area contributed by atoms with Crippen molar-refractivity contribution < 1.29 is 22.4 Å². The minimum absolute atomic E-state index is 0.258. The Labute approximate surface area is 174 Å². The molecule has 0 radical (unpaired) electrons. The van der Waals surface area contributed by atoms with Crippen LogP contribution in [0.1, 0.15) is 26.5 Å². The third-order valence-corrected chi connectivity index (χ3v) is 5.06. The average Bonchev–Trinajstić information content (AvgIpc) is 3.26. The number of benzene rings is 1. The Balaban J connectivity index is 1.91. The van der Waals surface area contributed by atoms with Crippen LogP contribution in [0.3, 0.4) is 0 Å². The highest BCUT2D eigenvalue weighted by Crippen LogP contribution is 2.36. The Hall–Kier alpha value is -2.75. The van der Waals surface area contributed by atoms with Crippen LogP contribution in [-0.4, -0.2) is 33.4 Å². The summed E-state index contributed by atoms with van der Waals surface area (Å²) in [5, 5.41) is 8.51. The van der Waals surface area contributed by atoms with Gasteiger partial charge in [-0.1, -0.05) is 0 Å². The molecule has 160 valence electrons. The van der Waals surface area contributed by atoms with Crippen LogP contribution in [0.15, 0.2) is 35.8 Å². The first-order chi connectivity index (χ1) is 13.9. The normalized spacial score (nSPS) is 12.2. The number of nitrogens with one attached hydrogen (secondary N) is 1. The number of carbonyl (C=O) groups excluding carboxylic acids is 1. The molecule has 1 N–H and O–H groups in total. The number of halogens is 4. The molecular formula is C20H20F4N4OS. The molecule has 0 fully saturated rings. The highest BCUT2D eigenvalue weighted by molar-refractivity contribution is 7.13. The Morgan fingerprint density at radius 3 is 2.43 bits per heavy atom. The van der Waals surface area contributed by atoms with Gasteiger partial charge in [0.05, 0.1) is 35.1 Å². The van der Waals surface area contributed by atoms with E-state index in [4.69, 9.17) is 0 Å². The molecule has 0 spiro atoms. The Bertz CT molecular complexity index is 1030. The van der Waals surface area contributed by atoms with E-state index in [0.29, 0.717) is 16.3 Å². The van der Waals surface area contributed by atoms with Crippen molar-refractivity contribution in [1.82, 2.24) is 20.1 Å². The van der Waals surface area contributed by atoms with Crippen LogP contribution in [0, 0.1) is 5.82 Å². The number of alkyl halides is 3. The molecule has 0 unspecified atom stereocenters. The van der Waals surface area contributed by atoms with Crippen molar-refractivity contribution in [2.75, 3.05) is 6.54 Å². The van der Waals surface area contributed by atoms with Gasteiger partial charge in [0.25, 0.3) is 0 Å². The predicted molar refractivity (Wildman–Crippen MR) is 106 cm³/mol. The maximum absolute atomic E-state index is 13.4. The third-order valence-electron chi connectivity index (χ3n) is 4.13. The largest absolute Gasteiger partial charge is 0.405 e. The fourth-order valence-electron chi connectivity index (χ4n) is 2.84. The van der Waals surface area contributed by atoms with Gasteiger partial charge >= 0.3 is 6.18 Å². The van der Waals surface area contributed by atoms with Gasteiger partial charge in [0.2, 0.25) is 5.91 Å². The molecule has 0 saturated heterocycles. The minimum atomic E-state index is -4.46. The van der Waals surface area contributed by atoms with E-state index in [9.17, 15) is 22.4 Å². The zero-order valence-corrected chi connectivity index (χ0v) is 17.4. The van der Waals surface area contributed by atoms with E-state index >= 15 is 0 Å². The van der Waals surface area contributed by atoms with Gasteiger partial charge in [-0.25, -0.2) is 9.37 Å². The molecule has 1 amide bonds. The quantitative estimate of drug-likeness (QED) is 0.581. The lowest BCUT2D eigenvalue weighted by Crippen LogP contribution is -2.34. The molecule has 0 aliphatic heterocycles. The molecule has 5 nitrogen and oxygen atoms in total. The van der Waals surface area contributed by atoms with Crippen LogP contribution >= 0.6 is 11.3 Å². The second kappa shape index (κ2) is 8.17. The molecule has 0 saturated carbocycles. The van der Waals surface area contributed by atoms with Crippen molar-refractivity contribution in [1.29, 1.82) is 0 Å². The smallest absolute Gasteiger partial charge is 0.347 e. The fraction of sp³-hybridized carbons (Fsp3) is 0.350. The minimum Gasteiger partial charge on any atom is -0.347 e. The third kappa shape index (κ3) is 5.24. The zero-order valence-electron chi connectivity index (χ0n) is 16.5. The summed E-state index contributed by atoms with van der Waals surface area (Å²) in [6, 6.07) is 6.02. The number of hydrogen-bond acceptors (Lipinski definition) is 4. The van der Waals surface area contributed by atoms with Crippen LogP contribution in [0.4, 0.5) is 17.6 Å². The first-order valence-corrected chi connectivity index (χ1v) is 9.95. The van der Waals surface area contributed by atoms with Gasteiger partial charge in [-0.3, -0.25) is 9.48 Å². The van der Waals surface area contributed by atoms with E-state index in [1.165, 1.54) is 23.5 Å². The number of thiazole rings is 1. The maximum atomic E-state index is 13.4. The van der Waals surface area contributed by atoms with E-state index < -0.39 is 18.6 Å². The number of nitrogens with zero attached hydrogens (tertiary/aromatic N) is 3. The van der Waals surface area contributed by atoms with Crippen LogP contribution in [0.5, 0.6) is 0 Å². The van der Waals surface area contributed by atoms with Crippen molar-refractivity contribution in [3.05, 3.63) is 47.4 Å². The second-order valence-corrected chi connectivity index (χ2v) is 8.57. The number of hydrogen-bond donors (Lipinski definition) is 1. The summed E-state index contributed by atoms with van der Waals surface area (Å²) in [6.07, 6.45) is -3.07. The molecule has 3 aromatic rings. The SMILES string of the molecule is CC(C)(C)n1ncc(-c2nc(CC(=O)NCC(F)(F)F)cs2)c1-c1ccc(F)cc1. The van der Waals surface area contributed by atoms with Crippen LogP contribution in [-0.2, 0) is 16.8 Å². The Kier molecular flexibility index (Phi) is 5.98. The molecule has 30 heavy (non-hydrogen) atoms. The predicted octanol–water partition coefficient (Wildman–Crippen LogP) is 4.79. The van der Waals surface area contributed by atoms with Crippen LogP contribution in [0.25, 0.3) is 21.8 Å². The van der Waals surface area contributed by atoms with Crippen LogP contribution < -0.4 is 5.32 Å². The second-order valence-electron chi connectivity index (χ2n) is 7.71. The first kappa shape index (κ1) is 21.9. The lowest BCUT2D eigenvalue weighted by atomic mass is 10.0. The van der Waals surface area contributed by atoms with Gasteiger partial charge in [0.15, 0.2) is 0 Å². The Morgan fingerprint density at radius 1 is 1.17 bits per heavy atom. The average molecular weight is 440 g/mol. The highest BCUT2D eigenvalue weighted by atomic mass is 32.1. The molecule has 3 rings (SSSR count). The van der Waals surface area contributed by atoms with E-state index in [0.717, 1.165) is 11.3 Å². The lowest BCUT2D eigenvalue weighted by Gasteiger charge is -2.23. The van der Waals surface area contributed by atoms with Crippen molar-refractivity contribution in [3.8, 4) is 21.8 Å². The first-order valence-electron chi connectivity index (χ1n) is 9.07. The summed E-state index contributed by atoms with van der Waals surface area (Å²) in [6.45, 7) is 4.56. The van der Waals surface area contributed by atoms with Gasteiger partial charge in [0, 0.05) is 10.9 Å².